The van der Waals surface area contributed by atoms with Gasteiger partial charge in [-0.2, -0.15) is 0 Å². The van der Waals surface area contributed by atoms with E-state index in [4.69, 9.17) is 25.8 Å². The highest BCUT2D eigenvalue weighted by Crippen LogP contribution is 2.38. The predicted molar refractivity (Wildman–Crippen MR) is 127 cm³/mol. The maximum Gasteiger partial charge on any atom is 0.260 e. The second kappa shape index (κ2) is 10.2. The van der Waals surface area contributed by atoms with Gasteiger partial charge in [-0.15, -0.1) is 0 Å². The number of ether oxygens (including phenoxy) is 3. The van der Waals surface area contributed by atoms with Crippen molar-refractivity contribution in [2.24, 2.45) is 0 Å². The quantitative estimate of drug-likeness (QED) is 0.550. The molecule has 180 valence electrons. The van der Waals surface area contributed by atoms with Gasteiger partial charge in [-0.1, -0.05) is 11.6 Å². The number of halogens is 1. The first-order valence-electron chi connectivity index (χ1n) is 10.9. The lowest BCUT2D eigenvalue weighted by Gasteiger charge is -2.32. The third-order valence-electron chi connectivity index (χ3n) is 6.07. The Balaban J connectivity index is 1.48. The summed E-state index contributed by atoms with van der Waals surface area (Å²) in [5.41, 5.74) is 0.619. The minimum atomic E-state index is -0.433. The molecule has 10 heteroatoms. The van der Waals surface area contributed by atoms with Crippen LogP contribution in [0.3, 0.4) is 0 Å². The molecule has 0 unspecified atom stereocenters. The Morgan fingerprint density at radius 1 is 1.12 bits per heavy atom. The van der Waals surface area contributed by atoms with Crippen molar-refractivity contribution in [3.8, 4) is 17.2 Å². The van der Waals surface area contributed by atoms with E-state index in [1.807, 2.05) is 18.3 Å². The maximum absolute atomic E-state index is 12.8. The summed E-state index contributed by atoms with van der Waals surface area (Å²) < 4.78 is 18.5. The fourth-order valence-corrected chi connectivity index (χ4v) is 4.53. The van der Waals surface area contributed by atoms with Crippen molar-refractivity contribution in [1.82, 2.24) is 19.4 Å². The van der Waals surface area contributed by atoms with Gasteiger partial charge in [0, 0.05) is 44.1 Å². The molecule has 1 N–H and O–H groups in total. The summed E-state index contributed by atoms with van der Waals surface area (Å²) in [5.74, 6) is 2.60. The van der Waals surface area contributed by atoms with Crippen LogP contribution in [0, 0.1) is 0 Å². The monoisotopic (exact) mass is 486 g/mol. The first kappa shape index (κ1) is 23.7. The van der Waals surface area contributed by atoms with E-state index < -0.39 is 5.56 Å². The molecule has 2 aromatic heterocycles. The number of amides is 1. The van der Waals surface area contributed by atoms with Crippen molar-refractivity contribution >= 4 is 17.5 Å². The average molecular weight is 487 g/mol. The largest absolute Gasteiger partial charge is 0.493 e. The maximum atomic E-state index is 12.8. The molecule has 3 aromatic rings. The number of pyridine rings is 1. The molecule has 0 aliphatic carbocycles. The number of benzene rings is 1. The summed E-state index contributed by atoms with van der Waals surface area (Å²) in [5, 5.41) is 0.326. The summed E-state index contributed by atoms with van der Waals surface area (Å²) >= 11 is 5.95. The van der Waals surface area contributed by atoms with Gasteiger partial charge in [-0.25, -0.2) is 4.98 Å². The molecule has 1 aliphatic rings. The van der Waals surface area contributed by atoms with Crippen LogP contribution in [0.25, 0.3) is 0 Å². The topological polar surface area (TPSA) is 98.7 Å². The van der Waals surface area contributed by atoms with Gasteiger partial charge in [0.15, 0.2) is 11.5 Å². The number of H-pyrrole nitrogens is 1. The van der Waals surface area contributed by atoms with Crippen molar-refractivity contribution in [1.29, 1.82) is 0 Å². The molecule has 0 spiro atoms. The van der Waals surface area contributed by atoms with Crippen LogP contribution < -0.4 is 19.8 Å². The summed E-state index contributed by atoms with van der Waals surface area (Å²) in [6.07, 6.45) is 6.60. The van der Waals surface area contributed by atoms with E-state index in [1.165, 1.54) is 12.3 Å². The van der Waals surface area contributed by atoms with Crippen molar-refractivity contribution < 1.29 is 19.0 Å². The number of carbonyl (C=O) groups excluding carboxylic acids is 1. The lowest BCUT2D eigenvalue weighted by Crippen LogP contribution is -2.40. The van der Waals surface area contributed by atoms with Gasteiger partial charge in [0.25, 0.3) is 11.5 Å². The second-order valence-electron chi connectivity index (χ2n) is 8.07. The summed E-state index contributed by atoms with van der Waals surface area (Å²) in [7, 11) is 4.76. The molecule has 3 heterocycles. The third-order valence-corrected chi connectivity index (χ3v) is 6.29. The Morgan fingerprint density at radius 2 is 1.79 bits per heavy atom. The number of aromatic amines is 1. The first-order valence-corrected chi connectivity index (χ1v) is 11.3. The zero-order valence-electron chi connectivity index (χ0n) is 19.3. The van der Waals surface area contributed by atoms with Gasteiger partial charge in [-0.05, 0) is 36.6 Å². The number of hydrogen-bond donors (Lipinski definition) is 1. The standard InChI is InChI=1S/C24H27ClN4O5/c1-32-19-10-15(11-20(33-2)21(19)34-3)14-29-9-6-26-22(29)16-4-7-28(8-5-16)24(31)18-12-17(25)13-27-23(18)30/h6,9-13,16H,4-5,7-8,14H2,1-3H3,(H,27,30). The molecule has 0 saturated carbocycles. The van der Waals surface area contributed by atoms with Crippen molar-refractivity contribution in [3.63, 3.8) is 0 Å². The zero-order valence-corrected chi connectivity index (χ0v) is 20.1. The Hall–Kier alpha value is -3.46. The van der Waals surface area contributed by atoms with Crippen LogP contribution in [0.4, 0.5) is 0 Å². The summed E-state index contributed by atoms with van der Waals surface area (Å²) in [6, 6.07) is 5.27. The van der Waals surface area contributed by atoms with E-state index in [0.717, 1.165) is 24.2 Å². The molecule has 34 heavy (non-hydrogen) atoms. The Labute approximate surface area is 202 Å². The van der Waals surface area contributed by atoms with Gasteiger partial charge < -0.3 is 28.7 Å². The number of nitrogens with zero attached hydrogens (tertiary/aromatic N) is 3. The molecule has 9 nitrogen and oxygen atoms in total. The van der Waals surface area contributed by atoms with E-state index in [2.05, 4.69) is 14.5 Å². The number of methoxy groups -OCH3 is 3. The van der Waals surface area contributed by atoms with E-state index in [-0.39, 0.29) is 17.4 Å². The van der Waals surface area contributed by atoms with Crippen LogP contribution in [-0.4, -0.2) is 59.8 Å². The fourth-order valence-electron chi connectivity index (χ4n) is 4.37. The van der Waals surface area contributed by atoms with E-state index >= 15 is 0 Å². The molecule has 1 saturated heterocycles. The van der Waals surface area contributed by atoms with Crippen LogP contribution in [-0.2, 0) is 6.54 Å². The molecule has 1 amide bonds. The highest BCUT2D eigenvalue weighted by atomic mass is 35.5. The molecule has 4 rings (SSSR count). The molecule has 0 bridgehead atoms. The van der Waals surface area contributed by atoms with Crippen molar-refractivity contribution in [2.75, 3.05) is 34.4 Å². The number of likely N-dealkylation sites (tertiary alicyclic amines) is 1. The number of piperidine rings is 1. The Morgan fingerprint density at radius 3 is 2.41 bits per heavy atom. The number of hydrogen-bond acceptors (Lipinski definition) is 6. The molecule has 0 atom stereocenters. The first-order chi connectivity index (χ1) is 16.4. The highest BCUT2D eigenvalue weighted by molar-refractivity contribution is 6.30. The van der Waals surface area contributed by atoms with Gasteiger partial charge in [0.1, 0.15) is 11.4 Å². The molecule has 1 fully saturated rings. The minimum Gasteiger partial charge on any atom is -0.493 e. The highest BCUT2D eigenvalue weighted by Gasteiger charge is 2.28. The number of aromatic nitrogens is 3. The molecule has 1 aliphatic heterocycles. The SMILES string of the molecule is COc1cc(Cn2ccnc2C2CCN(C(=O)c3cc(Cl)c[nH]c3=O)CC2)cc(OC)c1OC. The normalized spacial score (nSPS) is 14.2. The molecule has 1 aromatic carbocycles. The Bertz CT molecular complexity index is 1210. The molecular formula is C24H27ClN4O5. The van der Waals surface area contributed by atoms with Crippen LogP contribution in [0.2, 0.25) is 5.02 Å². The van der Waals surface area contributed by atoms with Gasteiger partial charge in [-0.3, -0.25) is 9.59 Å². The minimum absolute atomic E-state index is 0.0647. The van der Waals surface area contributed by atoms with Crippen LogP contribution in [0.5, 0.6) is 17.2 Å². The second-order valence-corrected chi connectivity index (χ2v) is 8.51. The predicted octanol–water partition coefficient (Wildman–Crippen LogP) is 3.32. The van der Waals surface area contributed by atoms with Crippen molar-refractivity contribution in [2.45, 2.75) is 25.3 Å². The lowest BCUT2D eigenvalue weighted by molar-refractivity contribution is 0.0708. The van der Waals surface area contributed by atoms with Crippen LogP contribution in [0.1, 0.15) is 40.5 Å². The number of nitrogens with one attached hydrogen (secondary N) is 1. The van der Waals surface area contributed by atoms with Gasteiger partial charge in [0.05, 0.1) is 26.4 Å². The van der Waals surface area contributed by atoms with Crippen molar-refractivity contribution in [3.05, 3.63) is 69.1 Å². The number of rotatable bonds is 7. The zero-order chi connectivity index (χ0) is 24.2. The number of carbonyl (C=O) groups is 1. The average Bonchev–Trinajstić information content (AvgIpc) is 3.32. The lowest BCUT2D eigenvalue weighted by atomic mass is 9.95. The van der Waals surface area contributed by atoms with Gasteiger partial charge in [0.2, 0.25) is 5.75 Å². The van der Waals surface area contributed by atoms with Crippen LogP contribution >= 0.6 is 11.6 Å². The van der Waals surface area contributed by atoms with Gasteiger partial charge >= 0.3 is 0 Å². The Kier molecular flexibility index (Phi) is 7.12. The smallest absolute Gasteiger partial charge is 0.260 e. The third kappa shape index (κ3) is 4.75. The number of imidazole rings is 1. The van der Waals surface area contributed by atoms with E-state index in [0.29, 0.717) is 41.9 Å². The van der Waals surface area contributed by atoms with Crippen LogP contribution in [0.15, 0.2) is 41.6 Å². The van der Waals surface area contributed by atoms with E-state index in [9.17, 15) is 9.59 Å². The summed E-state index contributed by atoms with van der Waals surface area (Å²) in [6.45, 7) is 1.65. The summed E-state index contributed by atoms with van der Waals surface area (Å²) in [4.78, 5) is 33.7. The molecule has 0 radical (unpaired) electrons. The fraction of sp³-hybridized carbons (Fsp3) is 0.375. The van der Waals surface area contributed by atoms with E-state index in [1.54, 1.807) is 32.4 Å². The molecular weight excluding hydrogens is 460 g/mol.